The van der Waals surface area contributed by atoms with Crippen LogP contribution in [0.5, 0.6) is 0 Å². The molecule has 2 rings (SSSR count). The minimum Gasteiger partial charge on any atom is -0.385 e. The van der Waals surface area contributed by atoms with Crippen molar-refractivity contribution in [2.24, 2.45) is 0 Å². The van der Waals surface area contributed by atoms with E-state index in [1.54, 1.807) is 7.11 Å². The van der Waals surface area contributed by atoms with Gasteiger partial charge < -0.3 is 20.3 Å². The number of hydrogen-bond acceptors (Lipinski definition) is 3. The monoisotopic (exact) mass is 361 g/mol. The van der Waals surface area contributed by atoms with E-state index in [-0.39, 0.29) is 17.5 Å². The van der Waals surface area contributed by atoms with Crippen LogP contribution in [0.15, 0.2) is 30.3 Å². The van der Waals surface area contributed by atoms with Crippen LogP contribution in [0.3, 0.4) is 0 Å². The molecule has 2 N–H and O–H groups in total. The fourth-order valence-electron chi connectivity index (χ4n) is 3.42. The molecule has 26 heavy (non-hydrogen) atoms. The summed E-state index contributed by atoms with van der Waals surface area (Å²) >= 11 is 0. The fourth-order valence-corrected chi connectivity index (χ4v) is 3.42. The van der Waals surface area contributed by atoms with E-state index in [1.807, 2.05) is 30.0 Å². The average molecular weight is 361 g/mol. The number of rotatable bonds is 8. The lowest BCUT2D eigenvalue weighted by atomic mass is 9.84. The highest BCUT2D eigenvalue weighted by molar-refractivity contribution is 5.77. The van der Waals surface area contributed by atoms with Crippen molar-refractivity contribution in [3.63, 3.8) is 0 Å². The van der Waals surface area contributed by atoms with Gasteiger partial charge in [0.1, 0.15) is 0 Å². The standard InChI is InChI=1S/C20H31N3O3/c1-3-21-19(25)22-20(13-16-26-2)11-14-23(15-12-20)18(24)10-9-17-7-5-4-6-8-17/h4-8H,3,9-16H2,1-2H3,(H2,21,22,25). The minimum atomic E-state index is -0.300. The van der Waals surface area contributed by atoms with Crippen LogP contribution in [-0.4, -0.2) is 55.7 Å². The lowest BCUT2D eigenvalue weighted by Gasteiger charge is -2.42. The second-order valence-electron chi connectivity index (χ2n) is 6.87. The molecule has 0 unspecified atom stereocenters. The Morgan fingerprint density at radius 3 is 2.50 bits per heavy atom. The van der Waals surface area contributed by atoms with Crippen LogP contribution >= 0.6 is 0 Å². The van der Waals surface area contributed by atoms with Crippen LogP contribution in [0.2, 0.25) is 0 Å². The number of ether oxygens (including phenoxy) is 1. The third-order valence-electron chi connectivity index (χ3n) is 5.04. The van der Waals surface area contributed by atoms with Gasteiger partial charge in [-0.25, -0.2) is 4.79 Å². The van der Waals surface area contributed by atoms with Crippen LogP contribution in [0, 0.1) is 0 Å². The highest BCUT2D eigenvalue weighted by Gasteiger charge is 2.36. The summed E-state index contributed by atoms with van der Waals surface area (Å²) in [5, 5.41) is 5.91. The number of hydrogen-bond donors (Lipinski definition) is 2. The van der Waals surface area contributed by atoms with Gasteiger partial charge in [-0.05, 0) is 38.2 Å². The Morgan fingerprint density at radius 2 is 1.88 bits per heavy atom. The number of methoxy groups -OCH3 is 1. The molecule has 3 amide bonds. The summed E-state index contributed by atoms with van der Waals surface area (Å²) < 4.78 is 5.22. The van der Waals surface area contributed by atoms with Crippen molar-refractivity contribution >= 4 is 11.9 Å². The number of carbonyl (C=O) groups excluding carboxylic acids is 2. The number of carbonyl (C=O) groups is 2. The number of nitrogens with zero attached hydrogens (tertiary/aromatic N) is 1. The topological polar surface area (TPSA) is 70.7 Å². The van der Waals surface area contributed by atoms with Crippen molar-refractivity contribution < 1.29 is 14.3 Å². The maximum atomic E-state index is 12.5. The Bertz CT molecular complexity index is 569. The Kier molecular flexibility index (Phi) is 7.91. The number of urea groups is 1. The molecule has 1 heterocycles. The predicted molar refractivity (Wildman–Crippen MR) is 102 cm³/mol. The van der Waals surface area contributed by atoms with E-state index in [1.165, 1.54) is 5.56 Å². The number of aryl methyl sites for hydroxylation is 1. The summed E-state index contributed by atoms with van der Waals surface area (Å²) in [5.41, 5.74) is 0.885. The molecule has 1 saturated heterocycles. The molecule has 1 aromatic rings. The summed E-state index contributed by atoms with van der Waals surface area (Å²) in [5.74, 6) is 0.187. The van der Waals surface area contributed by atoms with E-state index in [9.17, 15) is 9.59 Å². The van der Waals surface area contributed by atoms with Crippen LogP contribution < -0.4 is 10.6 Å². The average Bonchev–Trinajstić information content (AvgIpc) is 2.66. The van der Waals surface area contributed by atoms with Crippen molar-refractivity contribution in [3.8, 4) is 0 Å². The molecule has 1 aliphatic rings. The van der Waals surface area contributed by atoms with Crippen molar-refractivity contribution in [1.29, 1.82) is 0 Å². The summed E-state index contributed by atoms with van der Waals surface area (Å²) in [4.78, 5) is 26.5. The maximum Gasteiger partial charge on any atom is 0.315 e. The maximum absolute atomic E-state index is 12.5. The van der Waals surface area contributed by atoms with Gasteiger partial charge in [0.25, 0.3) is 0 Å². The molecule has 6 nitrogen and oxygen atoms in total. The van der Waals surface area contributed by atoms with E-state index in [4.69, 9.17) is 4.74 Å². The van der Waals surface area contributed by atoms with Gasteiger partial charge in [-0.15, -0.1) is 0 Å². The first-order valence-electron chi connectivity index (χ1n) is 9.45. The summed E-state index contributed by atoms with van der Waals surface area (Å²) in [6, 6.07) is 9.94. The second kappa shape index (κ2) is 10.2. The molecule has 0 aromatic heterocycles. The Labute approximate surface area is 156 Å². The van der Waals surface area contributed by atoms with Crippen LogP contribution in [0.4, 0.5) is 4.79 Å². The van der Waals surface area contributed by atoms with Crippen LogP contribution in [-0.2, 0) is 16.0 Å². The largest absolute Gasteiger partial charge is 0.385 e. The highest BCUT2D eigenvalue weighted by Crippen LogP contribution is 2.26. The molecule has 0 atom stereocenters. The minimum absolute atomic E-state index is 0.146. The van der Waals surface area contributed by atoms with E-state index in [0.717, 1.165) is 25.7 Å². The zero-order valence-electron chi connectivity index (χ0n) is 15.9. The molecule has 0 saturated carbocycles. The zero-order chi connectivity index (χ0) is 18.8. The third-order valence-corrected chi connectivity index (χ3v) is 5.04. The van der Waals surface area contributed by atoms with Gasteiger partial charge in [-0.1, -0.05) is 30.3 Å². The molecule has 0 radical (unpaired) electrons. The zero-order valence-corrected chi connectivity index (χ0v) is 15.9. The molecule has 144 valence electrons. The number of piperidine rings is 1. The van der Waals surface area contributed by atoms with Gasteiger partial charge in [0.15, 0.2) is 0 Å². The van der Waals surface area contributed by atoms with E-state index >= 15 is 0 Å². The summed E-state index contributed by atoms with van der Waals surface area (Å²) in [6.45, 7) is 4.42. The third kappa shape index (κ3) is 6.02. The van der Waals surface area contributed by atoms with E-state index < -0.39 is 0 Å². The highest BCUT2D eigenvalue weighted by atomic mass is 16.5. The molecule has 6 heteroatoms. The van der Waals surface area contributed by atoms with Crippen molar-refractivity contribution in [2.75, 3.05) is 33.4 Å². The number of amides is 3. The van der Waals surface area contributed by atoms with Crippen molar-refractivity contribution in [1.82, 2.24) is 15.5 Å². The summed E-state index contributed by atoms with van der Waals surface area (Å²) in [6.07, 6.45) is 3.56. The van der Waals surface area contributed by atoms with Gasteiger partial charge in [-0.2, -0.15) is 0 Å². The first-order chi connectivity index (χ1) is 12.6. The molecule has 1 fully saturated rings. The predicted octanol–water partition coefficient (Wildman–Crippen LogP) is 2.34. The SMILES string of the molecule is CCNC(=O)NC1(CCOC)CCN(C(=O)CCc2ccccc2)CC1. The molecular weight excluding hydrogens is 330 g/mol. The lowest BCUT2D eigenvalue weighted by molar-refractivity contribution is -0.132. The Morgan fingerprint density at radius 1 is 1.19 bits per heavy atom. The van der Waals surface area contributed by atoms with E-state index in [0.29, 0.717) is 32.7 Å². The van der Waals surface area contributed by atoms with E-state index in [2.05, 4.69) is 22.8 Å². The molecule has 0 aliphatic carbocycles. The van der Waals surface area contributed by atoms with Crippen LogP contribution in [0.1, 0.15) is 38.2 Å². The van der Waals surface area contributed by atoms with Crippen molar-refractivity contribution in [2.45, 2.75) is 44.6 Å². The van der Waals surface area contributed by atoms with Crippen LogP contribution in [0.25, 0.3) is 0 Å². The lowest BCUT2D eigenvalue weighted by Crippen LogP contribution is -2.58. The quantitative estimate of drug-likeness (QED) is 0.747. The number of nitrogens with one attached hydrogen (secondary N) is 2. The van der Waals surface area contributed by atoms with Gasteiger partial charge in [0, 0.05) is 45.3 Å². The summed E-state index contributed by atoms with van der Waals surface area (Å²) in [7, 11) is 1.67. The molecule has 0 spiro atoms. The second-order valence-corrected chi connectivity index (χ2v) is 6.87. The number of likely N-dealkylation sites (tertiary alicyclic amines) is 1. The first-order valence-corrected chi connectivity index (χ1v) is 9.45. The normalized spacial score (nSPS) is 16.2. The van der Waals surface area contributed by atoms with Crippen molar-refractivity contribution in [3.05, 3.63) is 35.9 Å². The fraction of sp³-hybridized carbons (Fsp3) is 0.600. The van der Waals surface area contributed by atoms with Gasteiger partial charge in [0.05, 0.1) is 0 Å². The smallest absolute Gasteiger partial charge is 0.315 e. The Hall–Kier alpha value is -2.08. The van der Waals surface area contributed by atoms with Gasteiger partial charge in [0.2, 0.25) is 5.91 Å². The Balaban J connectivity index is 1.86. The van der Waals surface area contributed by atoms with Gasteiger partial charge >= 0.3 is 6.03 Å². The molecular formula is C20H31N3O3. The molecule has 1 aliphatic heterocycles. The van der Waals surface area contributed by atoms with Gasteiger partial charge in [-0.3, -0.25) is 4.79 Å². The molecule has 1 aromatic carbocycles. The molecule has 0 bridgehead atoms. The first kappa shape index (κ1) is 20.2. The number of benzene rings is 1.